The van der Waals surface area contributed by atoms with Crippen molar-refractivity contribution in [1.29, 1.82) is 0 Å². The predicted octanol–water partition coefficient (Wildman–Crippen LogP) is 2.56. The first-order valence-corrected chi connectivity index (χ1v) is 5.00. The van der Waals surface area contributed by atoms with Crippen molar-refractivity contribution < 1.29 is 0 Å². The Bertz CT molecular complexity index is 111. The van der Waals surface area contributed by atoms with Gasteiger partial charge in [-0.1, -0.05) is 26.7 Å². The Morgan fingerprint density at radius 2 is 2.18 bits per heavy atom. The zero-order valence-electron chi connectivity index (χ0n) is 8.06. The van der Waals surface area contributed by atoms with Gasteiger partial charge in [0.05, 0.1) is 0 Å². The van der Waals surface area contributed by atoms with Crippen molar-refractivity contribution in [3.05, 3.63) is 0 Å². The molecule has 1 N–H and O–H groups in total. The molecule has 0 spiro atoms. The van der Waals surface area contributed by atoms with Crippen molar-refractivity contribution in [2.24, 2.45) is 5.92 Å². The summed E-state index contributed by atoms with van der Waals surface area (Å²) in [6, 6.07) is 1.55. The minimum absolute atomic E-state index is 0.753. The van der Waals surface area contributed by atoms with E-state index in [1.165, 1.54) is 25.7 Å². The number of hydrogen-bond acceptors (Lipinski definition) is 1. The van der Waals surface area contributed by atoms with Gasteiger partial charge in [-0.15, -0.1) is 0 Å². The maximum absolute atomic E-state index is 3.67. The van der Waals surface area contributed by atoms with Crippen LogP contribution in [0.1, 0.15) is 46.5 Å². The van der Waals surface area contributed by atoms with Gasteiger partial charge in [-0.3, -0.25) is 0 Å². The molecule has 0 aromatic rings. The first kappa shape index (κ1) is 9.05. The average molecular weight is 155 g/mol. The van der Waals surface area contributed by atoms with Crippen LogP contribution in [-0.4, -0.2) is 12.1 Å². The quantitative estimate of drug-likeness (QED) is 0.646. The van der Waals surface area contributed by atoms with Crippen LogP contribution in [-0.2, 0) is 0 Å². The van der Waals surface area contributed by atoms with Crippen LogP contribution >= 0.6 is 0 Å². The van der Waals surface area contributed by atoms with Gasteiger partial charge >= 0.3 is 0 Å². The molecule has 1 heteroatoms. The standard InChI is InChI=1S/C10H21N/c1-4-8(2)10-7-5-6-9(3)11-10/h8-11H,4-7H2,1-3H3. The Balaban J connectivity index is 2.33. The van der Waals surface area contributed by atoms with Crippen molar-refractivity contribution in [3.63, 3.8) is 0 Å². The number of hydrogen-bond donors (Lipinski definition) is 1. The fourth-order valence-corrected chi connectivity index (χ4v) is 1.91. The van der Waals surface area contributed by atoms with Gasteiger partial charge in [0, 0.05) is 12.1 Å². The molecule has 1 aliphatic rings. The van der Waals surface area contributed by atoms with E-state index in [4.69, 9.17) is 0 Å². The van der Waals surface area contributed by atoms with Crippen LogP contribution in [0.15, 0.2) is 0 Å². The van der Waals surface area contributed by atoms with E-state index in [0.29, 0.717) is 0 Å². The molecule has 0 bridgehead atoms. The van der Waals surface area contributed by atoms with E-state index in [1.807, 2.05) is 0 Å². The van der Waals surface area contributed by atoms with Crippen LogP contribution in [0, 0.1) is 5.92 Å². The molecule has 3 atom stereocenters. The van der Waals surface area contributed by atoms with Gasteiger partial charge < -0.3 is 5.32 Å². The molecule has 11 heavy (non-hydrogen) atoms. The lowest BCUT2D eigenvalue weighted by Crippen LogP contribution is -2.43. The molecule has 66 valence electrons. The van der Waals surface area contributed by atoms with Crippen molar-refractivity contribution >= 4 is 0 Å². The molecule has 0 aromatic carbocycles. The number of rotatable bonds is 2. The van der Waals surface area contributed by atoms with Crippen LogP contribution in [0.3, 0.4) is 0 Å². The summed E-state index contributed by atoms with van der Waals surface area (Å²) < 4.78 is 0. The molecule has 1 heterocycles. The van der Waals surface area contributed by atoms with E-state index in [0.717, 1.165) is 18.0 Å². The van der Waals surface area contributed by atoms with Crippen LogP contribution < -0.4 is 5.32 Å². The SMILES string of the molecule is CCC(C)C1CCCC(C)N1. The summed E-state index contributed by atoms with van der Waals surface area (Å²) in [5, 5.41) is 3.67. The highest BCUT2D eigenvalue weighted by Crippen LogP contribution is 2.19. The molecule has 1 saturated heterocycles. The topological polar surface area (TPSA) is 12.0 Å². The molecule has 0 saturated carbocycles. The highest BCUT2D eigenvalue weighted by Gasteiger charge is 2.21. The molecule has 0 radical (unpaired) electrons. The Morgan fingerprint density at radius 3 is 2.73 bits per heavy atom. The van der Waals surface area contributed by atoms with Crippen molar-refractivity contribution in [2.45, 2.75) is 58.5 Å². The summed E-state index contributed by atoms with van der Waals surface area (Å²) in [4.78, 5) is 0. The summed E-state index contributed by atoms with van der Waals surface area (Å²) in [7, 11) is 0. The lowest BCUT2D eigenvalue weighted by Gasteiger charge is -2.32. The van der Waals surface area contributed by atoms with Crippen LogP contribution in [0.25, 0.3) is 0 Å². The van der Waals surface area contributed by atoms with Gasteiger partial charge in [-0.05, 0) is 25.7 Å². The summed E-state index contributed by atoms with van der Waals surface area (Å²) in [6.07, 6.45) is 5.49. The van der Waals surface area contributed by atoms with Gasteiger partial charge in [0.25, 0.3) is 0 Å². The fourth-order valence-electron chi connectivity index (χ4n) is 1.91. The Hall–Kier alpha value is -0.0400. The molecule has 0 aromatic heterocycles. The van der Waals surface area contributed by atoms with Crippen LogP contribution in [0.2, 0.25) is 0 Å². The van der Waals surface area contributed by atoms with Gasteiger partial charge in [-0.2, -0.15) is 0 Å². The molecule has 1 fully saturated rings. The molecule has 0 amide bonds. The molecule has 1 nitrogen and oxygen atoms in total. The molecule has 1 rings (SSSR count). The first-order chi connectivity index (χ1) is 5.24. The number of piperidine rings is 1. The van der Waals surface area contributed by atoms with E-state index in [9.17, 15) is 0 Å². The normalized spacial score (nSPS) is 35.2. The largest absolute Gasteiger partial charge is 0.311 e. The molecular weight excluding hydrogens is 134 g/mol. The first-order valence-electron chi connectivity index (χ1n) is 5.00. The van der Waals surface area contributed by atoms with Gasteiger partial charge in [0.1, 0.15) is 0 Å². The Labute approximate surface area is 70.6 Å². The second-order valence-corrected chi connectivity index (χ2v) is 3.99. The molecular formula is C10H21N. The molecule has 0 aliphatic carbocycles. The van der Waals surface area contributed by atoms with Crippen molar-refractivity contribution in [3.8, 4) is 0 Å². The van der Waals surface area contributed by atoms with Crippen molar-refractivity contribution in [1.82, 2.24) is 5.32 Å². The third-order valence-corrected chi connectivity index (χ3v) is 2.98. The van der Waals surface area contributed by atoms with Gasteiger partial charge in [0.15, 0.2) is 0 Å². The predicted molar refractivity (Wildman–Crippen MR) is 49.7 cm³/mol. The second-order valence-electron chi connectivity index (χ2n) is 3.99. The second kappa shape index (κ2) is 4.10. The zero-order valence-corrected chi connectivity index (χ0v) is 8.06. The minimum atomic E-state index is 0.753. The van der Waals surface area contributed by atoms with E-state index in [2.05, 4.69) is 26.1 Å². The summed E-state index contributed by atoms with van der Waals surface area (Å²) in [5.41, 5.74) is 0. The average Bonchev–Trinajstić information content (AvgIpc) is 2.03. The van der Waals surface area contributed by atoms with E-state index in [1.54, 1.807) is 0 Å². The maximum Gasteiger partial charge on any atom is 0.00950 e. The fraction of sp³-hybridized carbons (Fsp3) is 1.00. The lowest BCUT2D eigenvalue weighted by molar-refractivity contribution is 0.263. The zero-order chi connectivity index (χ0) is 8.27. The highest BCUT2D eigenvalue weighted by molar-refractivity contribution is 4.80. The van der Waals surface area contributed by atoms with Crippen LogP contribution in [0.4, 0.5) is 0 Å². The van der Waals surface area contributed by atoms with E-state index < -0.39 is 0 Å². The van der Waals surface area contributed by atoms with Gasteiger partial charge in [0.2, 0.25) is 0 Å². The third-order valence-electron chi connectivity index (χ3n) is 2.98. The monoisotopic (exact) mass is 155 g/mol. The Kier molecular flexibility index (Phi) is 3.38. The van der Waals surface area contributed by atoms with E-state index in [-0.39, 0.29) is 0 Å². The number of nitrogens with one attached hydrogen (secondary N) is 1. The minimum Gasteiger partial charge on any atom is -0.311 e. The van der Waals surface area contributed by atoms with Crippen LogP contribution in [0.5, 0.6) is 0 Å². The smallest absolute Gasteiger partial charge is 0.00950 e. The van der Waals surface area contributed by atoms with Gasteiger partial charge in [-0.25, -0.2) is 0 Å². The molecule has 1 aliphatic heterocycles. The molecule has 3 unspecified atom stereocenters. The highest BCUT2D eigenvalue weighted by atomic mass is 15.0. The summed E-state index contributed by atoms with van der Waals surface area (Å²) in [5.74, 6) is 0.859. The Morgan fingerprint density at radius 1 is 1.45 bits per heavy atom. The summed E-state index contributed by atoms with van der Waals surface area (Å²) >= 11 is 0. The van der Waals surface area contributed by atoms with Crippen molar-refractivity contribution in [2.75, 3.05) is 0 Å². The summed E-state index contributed by atoms with van der Waals surface area (Å²) in [6.45, 7) is 6.94. The lowest BCUT2D eigenvalue weighted by atomic mass is 9.89. The maximum atomic E-state index is 3.67. The third kappa shape index (κ3) is 2.48. The van der Waals surface area contributed by atoms with E-state index >= 15 is 0 Å².